The smallest absolute Gasteiger partial charge is 0.490 e. The first-order chi connectivity index (χ1) is 13.1. The Kier molecular flexibility index (Phi) is 6.43. The summed E-state index contributed by atoms with van der Waals surface area (Å²) in [6, 6.07) is 11.0. The number of phenols is 1. The van der Waals surface area contributed by atoms with Gasteiger partial charge < -0.3 is 21.3 Å². The topological polar surface area (TPSA) is 132 Å². The molecule has 1 atom stereocenters. The Morgan fingerprint density at radius 3 is 2.50 bits per heavy atom. The van der Waals surface area contributed by atoms with Gasteiger partial charge in [-0.15, -0.1) is 0 Å². The van der Waals surface area contributed by atoms with Gasteiger partial charge in [-0.3, -0.25) is 0 Å². The van der Waals surface area contributed by atoms with E-state index in [1.165, 1.54) is 0 Å². The average molecular weight is 394 g/mol. The molecule has 0 bridgehead atoms. The van der Waals surface area contributed by atoms with Crippen molar-refractivity contribution >= 4 is 11.8 Å². The fourth-order valence-corrected chi connectivity index (χ4v) is 2.78. The van der Waals surface area contributed by atoms with Crippen LogP contribution in [0.4, 0.5) is 19.0 Å². The van der Waals surface area contributed by atoms with Crippen LogP contribution in [0.3, 0.4) is 0 Å². The number of phenolic OH excluding ortho intramolecular Hbond substituents is 1. The van der Waals surface area contributed by atoms with E-state index < -0.39 is 12.1 Å². The number of aromatic nitrogens is 1. The molecule has 1 aliphatic heterocycles. The van der Waals surface area contributed by atoms with Crippen molar-refractivity contribution in [3.8, 4) is 23.1 Å². The number of carboxylic acid groups (broad SMARTS) is 1. The third kappa shape index (κ3) is 4.89. The number of alkyl halides is 3. The molecule has 0 spiro atoms. The number of pyridine rings is 1. The Hall–Kier alpha value is -3.32. The summed E-state index contributed by atoms with van der Waals surface area (Å²) in [6.45, 7) is 1.77. The number of nitrogens with zero attached hydrogens (tertiary/aromatic N) is 2. The molecule has 1 saturated heterocycles. The highest BCUT2D eigenvalue weighted by molar-refractivity contribution is 5.73. The normalized spacial score (nSPS) is 16.0. The van der Waals surface area contributed by atoms with Crippen LogP contribution >= 0.6 is 0 Å². The summed E-state index contributed by atoms with van der Waals surface area (Å²) in [5.41, 5.74) is 8.54. The fraction of sp³-hybridized carbons (Fsp3) is 0.278. The van der Waals surface area contributed by atoms with E-state index in [0.717, 1.165) is 25.1 Å². The number of aromatic hydroxyl groups is 1. The summed E-state index contributed by atoms with van der Waals surface area (Å²) in [5.74, 6) is -2.12. The van der Waals surface area contributed by atoms with Gasteiger partial charge in [-0.05, 0) is 42.6 Å². The number of nitriles is 1. The van der Waals surface area contributed by atoms with E-state index in [2.05, 4.69) is 16.4 Å². The number of hydrogen-bond acceptors (Lipinski definition) is 6. The molecule has 2 aromatic rings. The van der Waals surface area contributed by atoms with E-state index in [4.69, 9.17) is 15.6 Å². The largest absolute Gasteiger partial charge is 0.507 e. The molecule has 10 heteroatoms. The zero-order valence-electron chi connectivity index (χ0n) is 14.5. The highest BCUT2D eigenvalue weighted by Gasteiger charge is 2.38. The number of nitrogens with two attached hydrogens (primary N) is 1. The van der Waals surface area contributed by atoms with Gasteiger partial charge in [0.15, 0.2) is 0 Å². The second-order valence-corrected chi connectivity index (χ2v) is 5.98. The van der Waals surface area contributed by atoms with Gasteiger partial charge in [0.2, 0.25) is 0 Å². The summed E-state index contributed by atoms with van der Waals surface area (Å²) < 4.78 is 31.7. The summed E-state index contributed by atoms with van der Waals surface area (Å²) in [4.78, 5) is 13.2. The van der Waals surface area contributed by atoms with Crippen LogP contribution < -0.4 is 11.1 Å². The lowest BCUT2D eigenvalue weighted by Gasteiger charge is -2.15. The molecule has 1 fully saturated rings. The van der Waals surface area contributed by atoms with Gasteiger partial charge in [-0.2, -0.15) is 18.4 Å². The van der Waals surface area contributed by atoms with Gasteiger partial charge >= 0.3 is 12.1 Å². The first-order valence-electron chi connectivity index (χ1n) is 8.14. The van der Waals surface area contributed by atoms with Crippen molar-refractivity contribution in [2.75, 3.05) is 18.8 Å². The Morgan fingerprint density at radius 2 is 2.00 bits per heavy atom. The van der Waals surface area contributed by atoms with Crippen LogP contribution in [-0.2, 0) is 4.79 Å². The number of benzene rings is 1. The van der Waals surface area contributed by atoms with Crippen LogP contribution in [0.5, 0.6) is 5.75 Å². The predicted octanol–water partition coefficient (Wildman–Crippen LogP) is 2.62. The fourth-order valence-electron chi connectivity index (χ4n) is 2.78. The predicted molar refractivity (Wildman–Crippen MR) is 94.4 cm³/mol. The van der Waals surface area contributed by atoms with Gasteiger partial charge in [0.1, 0.15) is 17.6 Å². The number of nitrogen functional groups attached to an aromatic ring is 1. The second-order valence-electron chi connectivity index (χ2n) is 5.98. The van der Waals surface area contributed by atoms with Crippen molar-refractivity contribution in [3.05, 3.63) is 41.5 Å². The number of carboxylic acids is 1. The quantitative estimate of drug-likeness (QED) is 0.615. The van der Waals surface area contributed by atoms with Crippen molar-refractivity contribution < 1.29 is 28.2 Å². The number of para-hydroxylation sites is 1. The number of hydrogen-bond donors (Lipinski definition) is 4. The van der Waals surface area contributed by atoms with Crippen LogP contribution in [0.2, 0.25) is 0 Å². The Labute approximate surface area is 158 Å². The summed E-state index contributed by atoms with van der Waals surface area (Å²) in [7, 11) is 0. The standard InChI is InChI=1S/C16H16N4O.C2HF3O2/c17-8-13-12(10-5-6-19-9-10)7-14(20-16(13)18)11-3-1-2-4-15(11)21;3-2(4,5)1(6)7/h1-4,7,10,19,21H,5-6,9H2,(H2,18,20);(H,6,7). The number of aliphatic carboxylic acids is 1. The summed E-state index contributed by atoms with van der Waals surface area (Å²) in [6.07, 6.45) is -4.11. The highest BCUT2D eigenvalue weighted by atomic mass is 19.4. The SMILES string of the molecule is N#Cc1c(C2CCNC2)cc(-c2ccccc2O)nc1N.O=C(O)C(F)(F)F. The van der Waals surface area contributed by atoms with Gasteiger partial charge in [-0.25, -0.2) is 9.78 Å². The van der Waals surface area contributed by atoms with Gasteiger partial charge in [-0.1, -0.05) is 12.1 Å². The molecular weight excluding hydrogens is 377 g/mol. The molecule has 5 N–H and O–H groups in total. The van der Waals surface area contributed by atoms with E-state index in [1.54, 1.807) is 18.2 Å². The lowest BCUT2D eigenvalue weighted by molar-refractivity contribution is -0.192. The lowest BCUT2D eigenvalue weighted by Crippen LogP contribution is -2.21. The number of halogens is 3. The molecule has 148 valence electrons. The van der Waals surface area contributed by atoms with E-state index in [1.807, 2.05) is 12.1 Å². The monoisotopic (exact) mass is 394 g/mol. The second kappa shape index (κ2) is 8.58. The number of anilines is 1. The Morgan fingerprint density at radius 1 is 1.36 bits per heavy atom. The summed E-state index contributed by atoms with van der Waals surface area (Å²) in [5, 5.41) is 29.7. The summed E-state index contributed by atoms with van der Waals surface area (Å²) >= 11 is 0. The lowest BCUT2D eigenvalue weighted by atomic mass is 9.93. The molecule has 0 saturated carbocycles. The molecular formula is C18H17F3N4O3. The third-order valence-electron chi connectivity index (χ3n) is 4.11. The maximum Gasteiger partial charge on any atom is 0.490 e. The maximum absolute atomic E-state index is 10.6. The van der Waals surface area contributed by atoms with Crippen molar-refractivity contribution in [2.24, 2.45) is 0 Å². The molecule has 1 unspecified atom stereocenters. The van der Waals surface area contributed by atoms with Gasteiger partial charge in [0, 0.05) is 12.1 Å². The minimum absolute atomic E-state index is 0.157. The van der Waals surface area contributed by atoms with Gasteiger partial charge in [0.05, 0.1) is 11.3 Å². The van der Waals surface area contributed by atoms with E-state index in [-0.39, 0.29) is 17.5 Å². The molecule has 28 heavy (non-hydrogen) atoms. The molecule has 7 nitrogen and oxygen atoms in total. The zero-order chi connectivity index (χ0) is 20.9. The Balaban J connectivity index is 0.000000345. The van der Waals surface area contributed by atoms with Crippen LogP contribution in [0.1, 0.15) is 23.5 Å². The Bertz CT molecular complexity index is 904. The molecule has 1 aromatic carbocycles. The minimum Gasteiger partial charge on any atom is -0.507 e. The van der Waals surface area contributed by atoms with E-state index >= 15 is 0 Å². The number of nitrogens with one attached hydrogen (secondary N) is 1. The molecule has 1 aliphatic rings. The number of carbonyl (C=O) groups is 1. The molecule has 3 rings (SSSR count). The van der Waals surface area contributed by atoms with Crippen molar-refractivity contribution in [2.45, 2.75) is 18.5 Å². The maximum atomic E-state index is 10.6. The zero-order valence-corrected chi connectivity index (χ0v) is 14.5. The van der Waals surface area contributed by atoms with Crippen LogP contribution in [0, 0.1) is 11.3 Å². The number of rotatable bonds is 2. The van der Waals surface area contributed by atoms with Crippen LogP contribution in [0.25, 0.3) is 11.3 Å². The van der Waals surface area contributed by atoms with Crippen LogP contribution in [-0.4, -0.2) is 40.4 Å². The van der Waals surface area contributed by atoms with E-state index in [9.17, 15) is 23.5 Å². The highest BCUT2D eigenvalue weighted by Crippen LogP contribution is 2.34. The van der Waals surface area contributed by atoms with E-state index in [0.29, 0.717) is 16.8 Å². The first-order valence-corrected chi connectivity index (χ1v) is 8.14. The first kappa shape index (κ1) is 21.0. The van der Waals surface area contributed by atoms with Crippen LogP contribution in [0.15, 0.2) is 30.3 Å². The van der Waals surface area contributed by atoms with Crippen molar-refractivity contribution in [3.63, 3.8) is 0 Å². The van der Waals surface area contributed by atoms with Crippen molar-refractivity contribution in [1.29, 1.82) is 5.26 Å². The molecule has 1 aromatic heterocycles. The van der Waals surface area contributed by atoms with Gasteiger partial charge in [0.25, 0.3) is 0 Å². The third-order valence-corrected chi connectivity index (χ3v) is 4.11. The average Bonchev–Trinajstić information content (AvgIpc) is 3.15. The molecule has 0 amide bonds. The molecule has 0 aliphatic carbocycles. The molecule has 0 radical (unpaired) electrons. The van der Waals surface area contributed by atoms with Crippen molar-refractivity contribution in [1.82, 2.24) is 10.3 Å². The minimum atomic E-state index is -5.08. The molecule has 2 heterocycles.